The van der Waals surface area contributed by atoms with Crippen molar-refractivity contribution in [3.8, 4) is 0 Å². The summed E-state index contributed by atoms with van der Waals surface area (Å²) in [5, 5.41) is 9.17. The van der Waals surface area contributed by atoms with Gasteiger partial charge in [-0.05, 0) is 20.3 Å². The van der Waals surface area contributed by atoms with Crippen LogP contribution in [0.3, 0.4) is 0 Å². The van der Waals surface area contributed by atoms with Gasteiger partial charge in [0.2, 0.25) is 0 Å². The summed E-state index contributed by atoms with van der Waals surface area (Å²) in [4.78, 5) is 0. The molecule has 1 fully saturated rings. The van der Waals surface area contributed by atoms with Crippen LogP contribution in [0, 0.1) is 0 Å². The Bertz CT molecular complexity index is 180. The van der Waals surface area contributed by atoms with E-state index in [9.17, 15) is 0 Å². The van der Waals surface area contributed by atoms with Gasteiger partial charge in [-0.25, -0.2) is 0 Å². The summed E-state index contributed by atoms with van der Waals surface area (Å²) in [7, 11) is 0. The molecular weight excluding hydrogens is 192 g/mol. The van der Waals surface area contributed by atoms with E-state index >= 15 is 0 Å². The molecule has 1 N–H and O–H groups in total. The van der Waals surface area contributed by atoms with Crippen LogP contribution < -0.4 is 0 Å². The third kappa shape index (κ3) is 4.09. The van der Waals surface area contributed by atoms with E-state index in [1.807, 2.05) is 13.8 Å². The van der Waals surface area contributed by atoms with Crippen LogP contribution in [0.2, 0.25) is 0 Å². The quantitative estimate of drug-likeness (QED) is 0.693. The lowest BCUT2D eigenvalue weighted by atomic mass is 10.1. The van der Waals surface area contributed by atoms with Crippen LogP contribution in [-0.2, 0) is 9.47 Å². The number of unbranched alkanes of at least 4 members (excludes halogenated alkanes) is 3. The number of aliphatic hydroxyl groups is 1. The lowest BCUT2D eigenvalue weighted by Gasteiger charge is -2.16. The maximum Gasteiger partial charge on any atom is 0.163 e. The van der Waals surface area contributed by atoms with E-state index in [-0.39, 0.29) is 18.8 Å². The highest BCUT2D eigenvalue weighted by Gasteiger charge is 2.40. The summed E-state index contributed by atoms with van der Waals surface area (Å²) in [6.45, 7) is 6.07. The normalized spacial score (nSPS) is 29.6. The first-order valence-electron chi connectivity index (χ1n) is 6.05. The van der Waals surface area contributed by atoms with Crippen LogP contribution in [-0.4, -0.2) is 29.7 Å². The highest BCUT2D eigenvalue weighted by molar-refractivity contribution is 4.80. The molecule has 1 heterocycles. The average molecular weight is 216 g/mol. The Morgan fingerprint density at radius 2 is 1.73 bits per heavy atom. The summed E-state index contributed by atoms with van der Waals surface area (Å²) in [5.74, 6) is -0.525. The zero-order valence-corrected chi connectivity index (χ0v) is 10.2. The Labute approximate surface area is 92.8 Å². The van der Waals surface area contributed by atoms with Gasteiger partial charge in [-0.1, -0.05) is 32.6 Å². The standard InChI is InChI=1S/C12H24O3/c1-4-5-6-7-8-10-11(9-13)15-12(2,3)14-10/h10-11,13H,4-9H2,1-3H3/t10-,11-/m0/s1. The number of hydrogen-bond donors (Lipinski definition) is 1. The molecule has 2 atom stereocenters. The van der Waals surface area contributed by atoms with Gasteiger partial charge in [0.1, 0.15) is 6.10 Å². The minimum absolute atomic E-state index is 0.0574. The van der Waals surface area contributed by atoms with Crippen molar-refractivity contribution in [1.29, 1.82) is 0 Å². The fourth-order valence-electron chi connectivity index (χ4n) is 2.08. The molecule has 0 amide bonds. The van der Waals surface area contributed by atoms with Crippen LogP contribution >= 0.6 is 0 Å². The van der Waals surface area contributed by atoms with Gasteiger partial charge in [0, 0.05) is 0 Å². The van der Waals surface area contributed by atoms with E-state index in [2.05, 4.69) is 6.92 Å². The lowest BCUT2D eigenvalue weighted by Crippen LogP contribution is -2.26. The van der Waals surface area contributed by atoms with Gasteiger partial charge in [0.15, 0.2) is 5.79 Å². The van der Waals surface area contributed by atoms with Gasteiger partial charge in [0.05, 0.1) is 12.7 Å². The Balaban J connectivity index is 2.27. The Hall–Kier alpha value is -0.120. The maximum atomic E-state index is 9.17. The molecule has 1 aliphatic rings. The summed E-state index contributed by atoms with van der Waals surface area (Å²) >= 11 is 0. The lowest BCUT2D eigenvalue weighted by molar-refractivity contribution is -0.149. The fraction of sp³-hybridized carbons (Fsp3) is 1.00. The molecule has 0 saturated carbocycles. The van der Waals surface area contributed by atoms with E-state index in [0.717, 1.165) is 12.8 Å². The molecule has 3 heteroatoms. The summed E-state index contributed by atoms with van der Waals surface area (Å²) in [5.41, 5.74) is 0. The second-order valence-electron chi connectivity index (χ2n) is 4.74. The van der Waals surface area contributed by atoms with Crippen molar-refractivity contribution in [3.05, 3.63) is 0 Å². The first kappa shape index (κ1) is 12.9. The molecule has 1 saturated heterocycles. The molecule has 1 aliphatic heterocycles. The van der Waals surface area contributed by atoms with E-state index in [0.29, 0.717) is 0 Å². The Kier molecular flexibility index (Phi) is 5.03. The van der Waals surface area contributed by atoms with Crippen molar-refractivity contribution in [3.63, 3.8) is 0 Å². The van der Waals surface area contributed by atoms with Crippen LogP contribution in [0.4, 0.5) is 0 Å². The molecule has 0 aromatic heterocycles. The van der Waals surface area contributed by atoms with E-state index in [1.165, 1.54) is 19.3 Å². The first-order valence-corrected chi connectivity index (χ1v) is 6.05. The van der Waals surface area contributed by atoms with Crippen LogP contribution in [0.25, 0.3) is 0 Å². The molecular formula is C12H24O3. The molecule has 0 aromatic rings. The summed E-state index contributed by atoms with van der Waals surface area (Å²) in [6.07, 6.45) is 5.86. The monoisotopic (exact) mass is 216 g/mol. The van der Waals surface area contributed by atoms with Crippen molar-refractivity contribution in [2.45, 2.75) is 70.9 Å². The van der Waals surface area contributed by atoms with Crippen LogP contribution in [0.5, 0.6) is 0 Å². The molecule has 0 aliphatic carbocycles. The van der Waals surface area contributed by atoms with Crippen LogP contribution in [0.1, 0.15) is 52.9 Å². The molecule has 0 spiro atoms. The number of rotatable bonds is 6. The van der Waals surface area contributed by atoms with Gasteiger partial charge in [0.25, 0.3) is 0 Å². The maximum absolute atomic E-state index is 9.17. The SMILES string of the molecule is CCCCCC[C@@H]1OC(C)(C)O[C@H]1CO. The van der Waals surface area contributed by atoms with Gasteiger partial charge in [-0.3, -0.25) is 0 Å². The third-order valence-corrected chi connectivity index (χ3v) is 2.81. The van der Waals surface area contributed by atoms with E-state index in [4.69, 9.17) is 14.6 Å². The highest BCUT2D eigenvalue weighted by Crippen LogP contribution is 2.30. The minimum Gasteiger partial charge on any atom is -0.394 e. The van der Waals surface area contributed by atoms with E-state index < -0.39 is 5.79 Å². The predicted molar refractivity (Wildman–Crippen MR) is 59.7 cm³/mol. The Morgan fingerprint density at radius 1 is 1.07 bits per heavy atom. The highest BCUT2D eigenvalue weighted by atomic mass is 16.8. The zero-order chi connectivity index (χ0) is 11.3. The molecule has 0 radical (unpaired) electrons. The van der Waals surface area contributed by atoms with Gasteiger partial charge >= 0.3 is 0 Å². The molecule has 0 bridgehead atoms. The number of aliphatic hydroxyl groups excluding tert-OH is 1. The second kappa shape index (κ2) is 5.83. The zero-order valence-electron chi connectivity index (χ0n) is 10.2. The molecule has 90 valence electrons. The molecule has 1 rings (SSSR count). The first-order chi connectivity index (χ1) is 7.09. The van der Waals surface area contributed by atoms with Crippen LogP contribution in [0.15, 0.2) is 0 Å². The molecule has 0 aromatic carbocycles. The van der Waals surface area contributed by atoms with Gasteiger partial charge in [-0.2, -0.15) is 0 Å². The predicted octanol–water partition coefficient (Wildman–Crippen LogP) is 2.47. The molecule has 0 unspecified atom stereocenters. The average Bonchev–Trinajstić information content (AvgIpc) is 2.48. The minimum atomic E-state index is -0.525. The van der Waals surface area contributed by atoms with Gasteiger partial charge in [-0.15, -0.1) is 0 Å². The van der Waals surface area contributed by atoms with Crippen molar-refractivity contribution in [2.24, 2.45) is 0 Å². The van der Waals surface area contributed by atoms with Gasteiger partial charge < -0.3 is 14.6 Å². The molecule has 3 nitrogen and oxygen atoms in total. The smallest absolute Gasteiger partial charge is 0.163 e. The number of ether oxygens (including phenoxy) is 2. The molecule has 15 heavy (non-hydrogen) atoms. The summed E-state index contributed by atoms with van der Waals surface area (Å²) < 4.78 is 11.3. The van der Waals surface area contributed by atoms with E-state index in [1.54, 1.807) is 0 Å². The van der Waals surface area contributed by atoms with Crippen molar-refractivity contribution < 1.29 is 14.6 Å². The Morgan fingerprint density at radius 3 is 2.33 bits per heavy atom. The number of hydrogen-bond acceptors (Lipinski definition) is 3. The fourth-order valence-corrected chi connectivity index (χ4v) is 2.08. The van der Waals surface area contributed by atoms with Crippen molar-refractivity contribution in [2.75, 3.05) is 6.61 Å². The second-order valence-corrected chi connectivity index (χ2v) is 4.74. The summed E-state index contributed by atoms with van der Waals surface area (Å²) in [6, 6.07) is 0. The van der Waals surface area contributed by atoms with Crippen molar-refractivity contribution in [1.82, 2.24) is 0 Å². The largest absolute Gasteiger partial charge is 0.394 e. The van der Waals surface area contributed by atoms with Crippen molar-refractivity contribution >= 4 is 0 Å². The third-order valence-electron chi connectivity index (χ3n) is 2.81. The topological polar surface area (TPSA) is 38.7 Å².